The van der Waals surface area contributed by atoms with Crippen LogP contribution in [-0.4, -0.2) is 123 Å². The van der Waals surface area contributed by atoms with Gasteiger partial charge in [0.2, 0.25) is 6.10 Å². The van der Waals surface area contributed by atoms with Crippen molar-refractivity contribution in [3.05, 3.63) is 90.5 Å². The molecule has 348 valence electrons. The molecular formula is C45H50NO18P. The van der Waals surface area contributed by atoms with E-state index in [0.29, 0.717) is 5.56 Å². The van der Waals surface area contributed by atoms with Crippen LogP contribution in [0.4, 0.5) is 0 Å². The Morgan fingerprint density at radius 1 is 0.492 bits per heavy atom. The van der Waals surface area contributed by atoms with E-state index >= 15 is 0 Å². The van der Waals surface area contributed by atoms with Gasteiger partial charge >= 0.3 is 41.8 Å². The summed E-state index contributed by atoms with van der Waals surface area (Å²) in [5, 5.41) is 7.33. The Hall–Kier alpha value is -6.27. The van der Waals surface area contributed by atoms with Crippen LogP contribution in [0.25, 0.3) is 0 Å². The molecule has 0 aromatic heterocycles. The normalized spacial score (nSPS) is 25.1. The lowest BCUT2D eigenvalue weighted by Crippen LogP contribution is -2.67. The highest BCUT2D eigenvalue weighted by atomic mass is 31.1. The van der Waals surface area contributed by atoms with Gasteiger partial charge in [-0.15, -0.1) is 0 Å². The Morgan fingerprint density at radius 2 is 0.892 bits per heavy atom. The zero-order valence-corrected chi connectivity index (χ0v) is 37.5. The first-order valence-electron chi connectivity index (χ1n) is 20.3. The molecule has 2 aliphatic heterocycles. The predicted octanol–water partition coefficient (Wildman–Crippen LogP) is 2.42. The number of rotatable bonds is 17. The average molecular weight is 924 g/mol. The van der Waals surface area contributed by atoms with E-state index in [2.05, 4.69) is 5.16 Å². The fraction of sp³-hybridized carbons (Fsp3) is 0.422. The summed E-state index contributed by atoms with van der Waals surface area (Å²) in [6.07, 6.45) is -14.8. The second kappa shape index (κ2) is 23.6. The molecule has 19 nitrogen and oxygen atoms in total. The van der Waals surface area contributed by atoms with E-state index in [0.717, 1.165) is 64.4 Å². The van der Waals surface area contributed by atoms with Gasteiger partial charge in [0.25, 0.3) is 6.29 Å². The minimum absolute atomic E-state index is 0.588. The van der Waals surface area contributed by atoms with E-state index in [1.807, 2.05) is 84.9 Å². The molecule has 2 saturated heterocycles. The van der Waals surface area contributed by atoms with Crippen LogP contribution in [0.5, 0.6) is 0 Å². The molecule has 0 N–H and O–H groups in total. The van der Waals surface area contributed by atoms with Crippen molar-refractivity contribution in [1.82, 2.24) is 0 Å². The zero-order valence-electron chi connectivity index (χ0n) is 36.6. The lowest BCUT2D eigenvalue weighted by molar-refractivity contribution is -0.361. The number of esters is 7. The Labute approximate surface area is 375 Å². The van der Waals surface area contributed by atoms with Crippen molar-refractivity contribution < 1.29 is 85.8 Å². The molecule has 0 saturated carbocycles. The summed E-state index contributed by atoms with van der Waals surface area (Å²) >= 11 is 0. The average Bonchev–Trinajstić information content (AvgIpc) is 3.24. The summed E-state index contributed by atoms with van der Waals surface area (Å²) in [6.45, 7) is 6.32. The van der Waals surface area contributed by atoms with Gasteiger partial charge in [-0.2, -0.15) is 0 Å². The molecule has 20 heteroatoms. The van der Waals surface area contributed by atoms with Crippen LogP contribution < -0.4 is 15.9 Å². The maximum atomic E-state index is 12.9. The largest absolute Gasteiger partial charge is 0.463 e. The summed E-state index contributed by atoms with van der Waals surface area (Å²) in [7, 11) is -1.09. The van der Waals surface area contributed by atoms with Crippen LogP contribution in [0.2, 0.25) is 0 Å². The maximum absolute atomic E-state index is 12.9. The van der Waals surface area contributed by atoms with Gasteiger partial charge in [0.15, 0.2) is 30.7 Å². The summed E-state index contributed by atoms with van der Waals surface area (Å²) in [6, 6.07) is 27.4. The first kappa shape index (κ1) is 49.7. The smallest absolute Gasteiger partial charge is 0.303 e. The number of carbonyl (C=O) groups is 7. The Kier molecular flexibility index (Phi) is 18.1. The van der Waals surface area contributed by atoms with Crippen molar-refractivity contribution in [3.63, 3.8) is 0 Å². The van der Waals surface area contributed by atoms with E-state index < -0.39 is 124 Å². The predicted molar refractivity (Wildman–Crippen MR) is 227 cm³/mol. The number of ether oxygens (including phenoxy) is 10. The molecule has 65 heavy (non-hydrogen) atoms. The quantitative estimate of drug-likeness (QED) is 0.0622. The van der Waals surface area contributed by atoms with Crippen LogP contribution in [0.15, 0.2) is 90.1 Å². The maximum Gasteiger partial charge on any atom is 0.303 e. The minimum atomic E-state index is -1.84. The van der Waals surface area contributed by atoms with Crippen molar-refractivity contribution in [2.75, 3.05) is 13.2 Å². The van der Waals surface area contributed by atoms with Crippen molar-refractivity contribution in [3.8, 4) is 0 Å². The van der Waals surface area contributed by atoms with Crippen molar-refractivity contribution in [1.29, 1.82) is 0 Å². The fourth-order valence-corrected chi connectivity index (χ4v) is 9.51. The highest BCUT2D eigenvalue weighted by Crippen LogP contribution is 2.37. The topological polar surface area (TPSA) is 233 Å². The fourth-order valence-electron chi connectivity index (χ4n) is 7.09. The van der Waals surface area contributed by atoms with Crippen molar-refractivity contribution in [2.24, 2.45) is 5.16 Å². The van der Waals surface area contributed by atoms with Gasteiger partial charge in [-0.3, -0.25) is 33.6 Å². The van der Waals surface area contributed by atoms with Crippen LogP contribution in [0.1, 0.15) is 54.0 Å². The van der Waals surface area contributed by atoms with E-state index in [9.17, 15) is 33.6 Å². The second-order valence-corrected chi connectivity index (χ2v) is 16.8. The number of hydrogen-bond donors (Lipinski definition) is 0. The van der Waals surface area contributed by atoms with Crippen LogP contribution in [0.3, 0.4) is 0 Å². The van der Waals surface area contributed by atoms with Crippen LogP contribution >= 0.6 is 7.92 Å². The monoisotopic (exact) mass is 923 g/mol. The van der Waals surface area contributed by atoms with Gasteiger partial charge in [0.05, 0.1) is 6.21 Å². The van der Waals surface area contributed by atoms with Crippen molar-refractivity contribution in [2.45, 2.75) is 110 Å². The zero-order chi connectivity index (χ0) is 47.2. The third-order valence-corrected chi connectivity index (χ3v) is 12.0. The molecule has 0 amide bonds. The molecule has 0 unspecified atom stereocenters. The molecule has 5 rings (SSSR count). The van der Waals surface area contributed by atoms with Gasteiger partial charge < -0.3 is 52.2 Å². The number of hydrogen-bond acceptors (Lipinski definition) is 19. The van der Waals surface area contributed by atoms with Gasteiger partial charge in [0, 0.05) is 54.0 Å². The lowest BCUT2D eigenvalue weighted by Gasteiger charge is -2.48. The highest BCUT2D eigenvalue weighted by Gasteiger charge is 2.58. The molecule has 3 aromatic carbocycles. The van der Waals surface area contributed by atoms with Gasteiger partial charge in [-0.05, 0) is 23.8 Å². The molecular weight excluding hydrogens is 873 g/mol. The van der Waals surface area contributed by atoms with E-state index in [1.165, 1.54) is 6.21 Å². The Morgan fingerprint density at radius 3 is 1.38 bits per heavy atom. The highest BCUT2D eigenvalue weighted by molar-refractivity contribution is 7.80. The molecule has 2 heterocycles. The first-order valence-corrected chi connectivity index (χ1v) is 21.6. The van der Waals surface area contributed by atoms with Gasteiger partial charge in [-0.1, -0.05) is 90.1 Å². The molecule has 0 aliphatic carbocycles. The molecule has 2 fully saturated rings. The second-order valence-electron chi connectivity index (χ2n) is 14.6. The SMILES string of the molecule is CC(=O)OC[C@H]1O[C@H](O[C@H]2[C@H](OC(C)=O)[C@@H](OC(C)=O)[C@H](O/N=C/c3ccccc3P(c3ccccc3)c3ccccc3)O[C@@H]2COC(C)=O)[C@H](OC(C)=O)[C@@H](OC(C)=O)[C@@H]1OC(C)=O. The third kappa shape index (κ3) is 14.1. The summed E-state index contributed by atoms with van der Waals surface area (Å²) in [5.41, 5.74) is 0.670. The molecule has 3 aromatic rings. The van der Waals surface area contributed by atoms with E-state index in [-0.39, 0.29) is 0 Å². The lowest BCUT2D eigenvalue weighted by atomic mass is 9.96. The number of nitrogens with zero attached hydrogens (tertiary/aromatic N) is 1. The Balaban J connectivity index is 1.56. The third-order valence-electron chi connectivity index (χ3n) is 9.45. The molecule has 0 radical (unpaired) electrons. The number of benzene rings is 3. The van der Waals surface area contributed by atoms with Crippen molar-refractivity contribution >= 4 is 71.8 Å². The van der Waals surface area contributed by atoms with E-state index in [1.54, 1.807) is 0 Å². The van der Waals surface area contributed by atoms with Crippen LogP contribution in [-0.2, 0) is 85.8 Å². The Bertz CT molecular complexity index is 2130. The van der Waals surface area contributed by atoms with E-state index in [4.69, 9.17) is 52.2 Å². The molecule has 10 atom stereocenters. The molecule has 2 aliphatic rings. The van der Waals surface area contributed by atoms with Gasteiger partial charge in [-0.25, -0.2) is 0 Å². The molecule has 0 bridgehead atoms. The number of oxime groups is 1. The molecule has 0 spiro atoms. The van der Waals surface area contributed by atoms with Gasteiger partial charge in [0.1, 0.15) is 31.5 Å². The first-order chi connectivity index (χ1) is 31.0. The summed E-state index contributed by atoms with van der Waals surface area (Å²) < 4.78 is 57.3. The summed E-state index contributed by atoms with van der Waals surface area (Å²) in [5.74, 6) is -5.99. The summed E-state index contributed by atoms with van der Waals surface area (Å²) in [4.78, 5) is 93.1. The standard InChI is InChI=1S/C45H50NO18P/c1-25(47)54-23-35-38(56-27(3)49)40(57-28(4)50)42(59-30(6)52)44(61-35)63-39-36(24-55-26(2)48)62-45(43(60-31(7)53)41(39)58-29(5)51)64-46-22-32-16-14-15-21-37(32)65(33-17-10-8-11-18-33)34-19-12-9-13-20-34/h8-22,35-36,38-45H,23-24H2,1-7H3/b46-22+/t35-,36-,38-,39-,40+,41+,42-,43-,44-,45+/m1/s1. The number of carbonyl (C=O) groups excluding carboxylic acids is 7. The van der Waals surface area contributed by atoms with Crippen LogP contribution in [0, 0.1) is 0 Å². The minimum Gasteiger partial charge on any atom is -0.463 e.